The van der Waals surface area contributed by atoms with Crippen LogP contribution in [-0.2, 0) is 17.5 Å². The highest BCUT2D eigenvalue weighted by Gasteiger charge is 2.37. The minimum Gasteiger partial charge on any atom is -0.376 e. The molecule has 0 amide bonds. The summed E-state index contributed by atoms with van der Waals surface area (Å²) in [5.74, 6) is 7.69. The predicted molar refractivity (Wildman–Crippen MR) is 144 cm³/mol. The van der Waals surface area contributed by atoms with Crippen LogP contribution in [0.15, 0.2) is 24.3 Å². The van der Waals surface area contributed by atoms with Gasteiger partial charge < -0.3 is 14.2 Å². The van der Waals surface area contributed by atoms with E-state index in [9.17, 15) is 13.2 Å². The van der Waals surface area contributed by atoms with Crippen LogP contribution in [0.5, 0.6) is 0 Å². The third-order valence-electron chi connectivity index (χ3n) is 8.15. The smallest absolute Gasteiger partial charge is 0.376 e. The molecule has 5 rings (SSSR count). The van der Waals surface area contributed by atoms with Crippen LogP contribution in [0.2, 0.25) is 0 Å². The number of halogens is 3. The van der Waals surface area contributed by atoms with Crippen molar-refractivity contribution in [3.63, 3.8) is 0 Å². The van der Waals surface area contributed by atoms with Crippen LogP contribution in [0, 0.1) is 6.92 Å². The van der Waals surface area contributed by atoms with Gasteiger partial charge in [0.05, 0.1) is 18.2 Å². The summed E-state index contributed by atoms with van der Waals surface area (Å²) in [6.07, 6.45) is -1.28. The molecule has 2 saturated heterocycles. The van der Waals surface area contributed by atoms with Crippen molar-refractivity contribution < 1.29 is 17.9 Å². The van der Waals surface area contributed by atoms with Crippen molar-refractivity contribution in [1.82, 2.24) is 24.4 Å². The first-order valence-corrected chi connectivity index (χ1v) is 13.6. The Kier molecular flexibility index (Phi) is 7.71. The molecular weight excluding hydrogens is 509 g/mol. The number of piperazine rings is 1. The van der Waals surface area contributed by atoms with Gasteiger partial charge in [-0.3, -0.25) is 10.3 Å². The molecule has 0 aliphatic carbocycles. The van der Waals surface area contributed by atoms with Crippen LogP contribution < -0.4 is 16.2 Å². The molecule has 212 valence electrons. The first-order chi connectivity index (χ1) is 18.6. The molecule has 1 unspecified atom stereocenters. The summed E-state index contributed by atoms with van der Waals surface area (Å²) in [5, 5.41) is 0. The molecule has 2 aromatic heterocycles. The minimum absolute atomic E-state index is 0.0404. The molecule has 4 atom stereocenters. The molecule has 2 aliphatic heterocycles. The zero-order valence-electron chi connectivity index (χ0n) is 22.9. The Balaban J connectivity index is 1.44. The average molecular weight is 547 g/mol. The van der Waals surface area contributed by atoms with Gasteiger partial charge in [0, 0.05) is 37.8 Å². The second-order valence-corrected chi connectivity index (χ2v) is 10.6. The van der Waals surface area contributed by atoms with Gasteiger partial charge >= 0.3 is 6.18 Å². The monoisotopic (exact) mass is 546 g/mol. The maximum atomic E-state index is 13.1. The normalized spacial score (nSPS) is 23.5. The molecule has 1 aromatic carbocycles. The second-order valence-electron chi connectivity index (χ2n) is 10.6. The number of nitrogens with two attached hydrogens (primary N) is 1. The Bertz CT molecular complexity index is 1290. The van der Waals surface area contributed by atoms with Crippen molar-refractivity contribution in [1.29, 1.82) is 0 Å². The molecule has 2 aliphatic rings. The zero-order chi connectivity index (χ0) is 27.9. The summed E-state index contributed by atoms with van der Waals surface area (Å²) < 4.78 is 47.2. The lowest BCUT2D eigenvalue weighted by Crippen LogP contribution is -2.58. The third kappa shape index (κ3) is 5.42. The van der Waals surface area contributed by atoms with Crippen LogP contribution in [0.3, 0.4) is 0 Å². The maximum absolute atomic E-state index is 13.1. The largest absolute Gasteiger partial charge is 0.416 e. The van der Waals surface area contributed by atoms with E-state index in [0.717, 1.165) is 54.2 Å². The van der Waals surface area contributed by atoms with E-state index in [-0.39, 0.29) is 24.2 Å². The van der Waals surface area contributed by atoms with Crippen molar-refractivity contribution in [2.75, 3.05) is 30.0 Å². The third-order valence-corrected chi connectivity index (χ3v) is 8.15. The minimum atomic E-state index is -4.34. The topological polar surface area (TPSA) is 97.4 Å². The zero-order valence-corrected chi connectivity index (χ0v) is 22.9. The Labute approximate surface area is 226 Å². The van der Waals surface area contributed by atoms with E-state index in [4.69, 9.17) is 20.5 Å². The average Bonchev–Trinajstić information content (AvgIpc) is 3.55. The van der Waals surface area contributed by atoms with Gasteiger partial charge in [-0.1, -0.05) is 19.1 Å². The van der Waals surface area contributed by atoms with Crippen LogP contribution in [-0.4, -0.2) is 62.3 Å². The van der Waals surface area contributed by atoms with Gasteiger partial charge in [-0.05, 0) is 57.7 Å². The van der Waals surface area contributed by atoms with Gasteiger partial charge in [0.2, 0.25) is 5.95 Å². The summed E-state index contributed by atoms with van der Waals surface area (Å²) in [4.78, 5) is 18.9. The van der Waals surface area contributed by atoms with Crippen LogP contribution in [0.1, 0.15) is 63.0 Å². The predicted octanol–water partition coefficient (Wildman–Crippen LogP) is 4.67. The first kappa shape index (κ1) is 27.6. The number of hydrogen-bond acceptors (Lipinski definition) is 8. The van der Waals surface area contributed by atoms with E-state index >= 15 is 0 Å². The number of benzene rings is 1. The van der Waals surface area contributed by atoms with Crippen LogP contribution in [0.25, 0.3) is 11.2 Å². The number of hydrogen-bond donors (Lipinski definition) is 2. The number of imidazole rings is 1. The number of fused-ring (bicyclic) bond motifs is 1. The number of ether oxygens (including phenoxy) is 1. The van der Waals surface area contributed by atoms with Crippen molar-refractivity contribution in [2.24, 2.45) is 5.84 Å². The Hall–Kier alpha value is -2.96. The van der Waals surface area contributed by atoms with Crippen LogP contribution in [0.4, 0.5) is 24.9 Å². The lowest BCUT2D eigenvalue weighted by atomic mass is 9.98. The standard InChI is InChI=1S/C27H37F3N8O/c1-5-21-14-36(16(2)13-37(21)17(3)19-8-10-20(11-9-19)27(28,29)30)24-23-25(34-26(33-24)35-31)38(18(4)32-23)15-22-7-6-12-39-22/h8-11,16-17,21-22H,5-7,12-15,31H2,1-4H3,(H,33,34,35)/t16-,17?,21+,22-/m0/s1. The first-order valence-electron chi connectivity index (χ1n) is 13.6. The number of rotatable bonds is 7. The fraction of sp³-hybridized carbons (Fsp3) is 0.593. The number of nitrogen functional groups attached to an aromatic ring is 1. The maximum Gasteiger partial charge on any atom is 0.416 e. The number of nitrogens with one attached hydrogen (secondary N) is 1. The van der Waals surface area contributed by atoms with E-state index in [1.165, 1.54) is 12.1 Å². The molecular formula is C27H37F3N8O. The van der Waals surface area contributed by atoms with Crippen molar-refractivity contribution in [3.05, 3.63) is 41.2 Å². The Morgan fingerprint density at radius 3 is 2.51 bits per heavy atom. The Morgan fingerprint density at radius 2 is 1.90 bits per heavy atom. The molecule has 0 bridgehead atoms. The molecule has 12 heteroatoms. The molecule has 0 radical (unpaired) electrons. The molecule has 0 saturated carbocycles. The lowest BCUT2D eigenvalue weighted by Gasteiger charge is -2.48. The number of aromatic nitrogens is 4. The van der Waals surface area contributed by atoms with Crippen molar-refractivity contribution in [3.8, 4) is 0 Å². The molecule has 2 fully saturated rings. The highest BCUT2D eigenvalue weighted by Crippen LogP contribution is 2.35. The summed E-state index contributed by atoms with van der Waals surface area (Å²) in [6, 6.07) is 5.70. The van der Waals surface area contributed by atoms with Crippen molar-refractivity contribution in [2.45, 2.75) is 83.9 Å². The molecule has 3 N–H and O–H groups in total. The van der Waals surface area contributed by atoms with Crippen molar-refractivity contribution >= 4 is 22.9 Å². The number of alkyl halides is 3. The summed E-state index contributed by atoms with van der Waals surface area (Å²) in [7, 11) is 0. The number of anilines is 2. The lowest BCUT2D eigenvalue weighted by molar-refractivity contribution is -0.137. The summed E-state index contributed by atoms with van der Waals surface area (Å²) in [6.45, 7) is 11.2. The highest BCUT2D eigenvalue weighted by atomic mass is 19.4. The Morgan fingerprint density at radius 1 is 1.15 bits per heavy atom. The molecule has 9 nitrogen and oxygen atoms in total. The van der Waals surface area contributed by atoms with Gasteiger partial charge in [-0.15, -0.1) is 0 Å². The van der Waals surface area contributed by atoms with E-state index in [1.54, 1.807) is 12.1 Å². The number of nitrogens with zero attached hydrogens (tertiary/aromatic N) is 6. The molecule has 4 heterocycles. The molecule has 0 spiro atoms. The molecule has 39 heavy (non-hydrogen) atoms. The fourth-order valence-corrected chi connectivity index (χ4v) is 5.91. The fourth-order valence-electron chi connectivity index (χ4n) is 5.91. The summed E-state index contributed by atoms with van der Waals surface area (Å²) in [5.41, 5.74) is 4.31. The van der Waals surface area contributed by atoms with E-state index in [2.05, 4.69) is 45.5 Å². The number of hydrazine groups is 1. The van der Waals surface area contributed by atoms with Gasteiger partial charge in [-0.2, -0.15) is 23.1 Å². The van der Waals surface area contributed by atoms with E-state index in [1.807, 2.05) is 6.92 Å². The van der Waals surface area contributed by atoms with Gasteiger partial charge in [0.15, 0.2) is 17.0 Å². The quantitative estimate of drug-likeness (QED) is 0.326. The SMILES string of the molecule is CC[C@@H]1CN(c2nc(NN)nc3c2nc(C)n3C[C@@H]2CCCO2)[C@@H](C)CN1C(C)c1ccc(C(F)(F)F)cc1. The second kappa shape index (κ2) is 10.9. The highest BCUT2D eigenvalue weighted by molar-refractivity contribution is 5.85. The van der Waals surface area contributed by atoms with E-state index < -0.39 is 11.7 Å². The summed E-state index contributed by atoms with van der Waals surface area (Å²) >= 11 is 0. The van der Waals surface area contributed by atoms with Gasteiger partial charge in [-0.25, -0.2) is 10.8 Å². The van der Waals surface area contributed by atoms with Gasteiger partial charge in [0.1, 0.15) is 5.82 Å². The number of aryl methyl sites for hydroxylation is 1. The van der Waals surface area contributed by atoms with Gasteiger partial charge in [0.25, 0.3) is 0 Å². The van der Waals surface area contributed by atoms with Crippen LogP contribution >= 0.6 is 0 Å². The molecule has 3 aromatic rings. The van der Waals surface area contributed by atoms with E-state index in [0.29, 0.717) is 25.6 Å².